The molecule has 0 aliphatic carbocycles. The van der Waals surface area contributed by atoms with Crippen molar-refractivity contribution in [3.8, 4) is 5.75 Å². The van der Waals surface area contributed by atoms with Crippen molar-refractivity contribution in [3.05, 3.63) is 22.9 Å². The molecule has 0 aliphatic rings. The minimum Gasteiger partial charge on any atom is -0.478 e. The number of hydrogen-bond donors (Lipinski definition) is 0. The Balaban J connectivity index is 2.62. The van der Waals surface area contributed by atoms with Crippen LogP contribution in [0.15, 0.2) is 22.9 Å². The SMILES string of the molecule is CCOC(=O)C(C)Oc1ccncc1Br. The molecule has 1 unspecified atom stereocenters. The Hall–Kier alpha value is -1.10. The highest BCUT2D eigenvalue weighted by Crippen LogP contribution is 2.23. The molecular weight excluding hydrogens is 262 g/mol. The Morgan fingerprint density at radius 1 is 1.67 bits per heavy atom. The van der Waals surface area contributed by atoms with Gasteiger partial charge in [0.2, 0.25) is 0 Å². The van der Waals surface area contributed by atoms with Crippen LogP contribution < -0.4 is 4.74 Å². The summed E-state index contributed by atoms with van der Waals surface area (Å²) in [5.74, 6) is 0.201. The summed E-state index contributed by atoms with van der Waals surface area (Å²) in [6.07, 6.45) is 2.58. The number of aromatic nitrogens is 1. The van der Waals surface area contributed by atoms with Crippen LogP contribution in [-0.4, -0.2) is 23.7 Å². The van der Waals surface area contributed by atoms with Crippen LogP contribution in [0.4, 0.5) is 0 Å². The van der Waals surface area contributed by atoms with E-state index in [1.807, 2.05) is 0 Å². The monoisotopic (exact) mass is 273 g/mol. The molecule has 5 heteroatoms. The van der Waals surface area contributed by atoms with E-state index in [0.29, 0.717) is 16.8 Å². The average molecular weight is 274 g/mol. The van der Waals surface area contributed by atoms with Crippen molar-refractivity contribution < 1.29 is 14.3 Å². The molecule has 1 aromatic heterocycles. The Bertz CT molecular complexity index is 343. The fourth-order valence-corrected chi connectivity index (χ4v) is 1.30. The number of nitrogens with zero attached hydrogens (tertiary/aromatic N) is 1. The molecule has 0 aliphatic heterocycles. The molecule has 0 fully saturated rings. The number of carbonyl (C=O) groups excluding carboxylic acids is 1. The van der Waals surface area contributed by atoms with Crippen molar-refractivity contribution in [2.75, 3.05) is 6.61 Å². The molecule has 0 aromatic carbocycles. The zero-order valence-corrected chi connectivity index (χ0v) is 10.2. The minimum atomic E-state index is -0.622. The predicted octanol–water partition coefficient (Wildman–Crippen LogP) is 2.17. The normalized spacial score (nSPS) is 11.9. The first-order valence-electron chi connectivity index (χ1n) is 4.58. The topological polar surface area (TPSA) is 48.4 Å². The number of hydrogen-bond acceptors (Lipinski definition) is 4. The quantitative estimate of drug-likeness (QED) is 0.789. The summed E-state index contributed by atoms with van der Waals surface area (Å²) in [7, 11) is 0. The van der Waals surface area contributed by atoms with E-state index in [0.717, 1.165) is 0 Å². The molecule has 0 saturated carbocycles. The molecule has 4 nitrogen and oxygen atoms in total. The zero-order valence-electron chi connectivity index (χ0n) is 8.57. The van der Waals surface area contributed by atoms with Crippen LogP contribution in [0.1, 0.15) is 13.8 Å². The van der Waals surface area contributed by atoms with Crippen molar-refractivity contribution in [2.45, 2.75) is 20.0 Å². The van der Waals surface area contributed by atoms with Gasteiger partial charge in [0.05, 0.1) is 11.1 Å². The van der Waals surface area contributed by atoms with Crippen molar-refractivity contribution in [1.29, 1.82) is 0 Å². The summed E-state index contributed by atoms with van der Waals surface area (Å²) in [4.78, 5) is 15.2. The van der Waals surface area contributed by atoms with Gasteiger partial charge in [0.1, 0.15) is 5.75 Å². The average Bonchev–Trinajstić information content (AvgIpc) is 2.21. The van der Waals surface area contributed by atoms with Gasteiger partial charge in [-0.05, 0) is 35.8 Å². The molecule has 82 valence electrons. The minimum absolute atomic E-state index is 0.351. The van der Waals surface area contributed by atoms with Crippen molar-refractivity contribution in [1.82, 2.24) is 4.98 Å². The Morgan fingerprint density at radius 2 is 2.40 bits per heavy atom. The third-order valence-corrected chi connectivity index (χ3v) is 2.25. The summed E-state index contributed by atoms with van der Waals surface area (Å²) < 4.78 is 10.9. The summed E-state index contributed by atoms with van der Waals surface area (Å²) in [5, 5.41) is 0. The number of pyridine rings is 1. The molecule has 15 heavy (non-hydrogen) atoms. The molecule has 1 aromatic rings. The van der Waals surface area contributed by atoms with Gasteiger partial charge in [-0.15, -0.1) is 0 Å². The second-order valence-electron chi connectivity index (χ2n) is 2.82. The molecule has 0 bridgehead atoms. The summed E-state index contributed by atoms with van der Waals surface area (Å²) in [6, 6.07) is 1.68. The summed E-state index contributed by atoms with van der Waals surface area (Å²) in [6.45, 7) is 3.75. The van der Waals surface area contributed by atoms with Gasteiger partial charge in [0, 0.05) is 12.4 Å². The van der Waals surface area contributed by atoms with Crippen LogP contribution in [0.3, 0.4) is 0 Å². The van der Waals surface area contributed by atoms with Gasteiger partial charge in [0.15, 0.2) is 6.10 Å². The molecular formula is C10H12BrNO3. The first-order valence-corrected chi connectivity index (χ1v) is 5.37. The van der Waals surface area contributed by atoms with Crippen LogP contribution in [-0.2, 0) is 9.53 Å². The van der Waals surface area contributed by atoms with Gasteiger partial charge in [-0.3, -0.25) is 4.98 Å². The molecule has 1 rings (SSSR count). The van der Waals surface area contributed by atoms with Crippen LogP contribution in [0, 0.1) is 0 Å². The highest BCUT2D eigenvalue weighted by molar-refractivity contribution is 9.10. The lowest BCUT2D eigenvalue weighted by atomic mass is 10.4. The Morgan fingerprint density at radius 3 is 3.00 bits per heavy atom. The third kappa shape index (κ3) is 3.51. The van der Waals surface area contributed by atoms with Gasteiger partial charge in [0.25, 0.3) is 0 Å². The fourth-order valence-electron chi connectivity index (χ4n) is 0.956. The Kier molecular flexibility index (Phi) is 4.55. The second kappa shape index (κ2) is 5.70. The predicted molar refractivity (Wildman–Crippen MR) is 58.7 cm³/mol. The van der Waals surface area contributed by atoms with Gasteiger partial charge in [-0.25, -0.2) is 4.79 Å². The molecule has 0 spiro atoms. The number of rotatable bonds is 4. The first kappa shape index (κ1) is 12.0. The van der Waals surface area contributed by atoms with E-state index in [4.69, 9.17) is 9.47 Å². The highest BCUT2D eigenvalue weighted by Gasteiger charge is 2.16. The second-order valence-corrected chi connectivity index (χ2v) is 3.67. The first-order chi connectivity index (χ1) is 7.15. The third-order valence-electron chi connectivity index (χ3n) is 1.66. The molecule has 0 radical (unpaired) electrons. The van der Waals surface area contributed by atoms with Crippen LogP contribution >= 0.6 is 15.9 Å². The zero-order chi connectivity index (χ0) is 11.3. The van der Waals surface area contributed by atoms with E-state index in [9.17, 15) is 4.79 Å². The van der Waals surface area contributed by atoms with Crippen LogP contribution in [0.25, 0.3) is 0 Å². The summed E-state index contributed by atoms with van der Waals surface area (Å²) >= 11 is 3.27. The van der Waals surface area contributed by atoms with Crippen molar-refractivity contribution >= 4 is 21.9 Å². The highest BCUT2D eigenvalue weighted by atomic mass is 79.9. The van der Waals surface area contributed by atoms with E-state index in [1.54, 1.807) is 32.3 Å². The van der Waals surface area contributed by atoms with Crippen LogP contribution in [0.5, 0.6) is 5.75 Å². The maximum Gasteiger partial charge on any atom is 0.347 e. The Labute approximate surface area is 96.7 Å². The van der Waals surface area contributed by atoms with E-state index in [-0.39, 0.29) is 5.97 Å². The summed E-state index contributed by atoms with van der Waals surface area (Å²) in [5.41, 5.74) is 0. The van der Waals surface area contributed by atoms with Crippen molar-refractivity contribution in [3.63, 3.8) is 0 Å². The number of ether oxygens (including phenoxy) is 2. The largest absolute Gasteiger partial charge is 0.478 e. The fraction of sp³-hybridized carbons (Fsp3) is 0.400. The lowest BCUT2D eigenvalue weighted by molar-refractivity contribution is -0.150. The molecule has 1 heterocycles. The smallest absolute Gasteiger partial charge is 0.347 e. The standard InChI is InChI=1S/C10H12BrNO3/c1-3-14-10(13)7(2)15-9-4-5-12-6-8(9)11/h4-7H,3H2,1-2H3. The number of halogens is 1. The maximum atomic E-state index is 11.3. The molecule has 1 atom stereocenters. The van der Waals surface area contributed by atoms with Gasteiger partial charge < -0.3 is 9.47 Å². The van der Waals surface area contributed by atoms with Gasteiger partial charge >= 0.3 is 5.97 Å². The van der Waals surface area contributed by atoms with E-state index in [1.165, 1.54) is 0 Å². The van der Waals surface area contributed by atoms with E-state index in [2.05, 4.69) is 20.9 Å². The molecule has 0 N–H and O–H groups in total. The lowest BCUT2D eigenvalue weighted by Crippen LogP contribution is -2.26. The lowest BCUT2D eigenvalue weighted by Gasteiger charge is -2.13. The molecule has 0 amide bonds. The maximum absolute atomic E-state index is 11.3. The van der Waals surface area contributed by atoms with Gasteiger partial charge in [-0.2, -0.15) is 0 Å². The van der Waals surface area contributed by atoms with Crippen LogP contribution in [0.2, 0.25) is 0 Å². The molecule has 0 saturated heterocycles. The van der Waals surface area contributed by atoms with E-state index < -0.39 is 6.10 Å². The number of esters is 1. The van der Waals surface area contributed by atoms with Gasteiger partial charge in [-0.1, -0.05) is 0 Å². The van der Waals surface area contributed by atoms with Crippen molar-refractivity contribution in [2.24, 2.45) is 0 Å². The van der Waals surface area contributed by atoms with E-state index >= 15 is 0 Å². The number of carbonyl (C=O) groups is 1.